The van der Waals surface area contributed by atoms with Crippen LogP contribution in [-0.4, -0.2) is 54.4 Å². The molecule has 4 amide bonds. The first-order valence-corrected chi connectivity index (χ1v) is 7.56. The molecule has 9 heteroatoms. The zero-order chi connectivity index (χ0) is 17.7. The summed E-state index contributed by atoms with van der Waals surface area (Å²) in [5.74, 6) is -3.42. The van der Waals surface area contributed by atoms with Crippen LogP contribution < -0.4 is 5.32 Å². The van der Waals surface area contributed by atoms with Crippen LogP contribution in [0.3, 0.4) is 0 Å². The number of nitrogens with one attached hydrogen (secondary N) is 1. The number of likely N-dealkylation sites (tertiary alicyclic amines) is 1. The first-order valence-electron chi connectivity index (χ1n) is 7.56. The summed E-state index contributed by atoms with van der Waals surface area (Å²) < 4.78 is 9.17. The quantitative estimate of drug-likeness (QED) is 0.417. The first kappa shape index (κ1) is 17.6. The highest BCUT2D eigenvalue weighted by Gasteiger charge is 2.47. The Morgan fingerprint density at radius 2 is 1.71 bits per heavy atom. The van der Waals surface area contributed by atoms with E-state index < -0.39 is 54.8 Å². The van der Waals surface area contributed by atoms with E-state index in [-0.39, 0.29) is 6.61 Å². The fraction of sp³-hybridized carbons (Fsp3) is 0.533. The number of rotatable bonds is 5. The fourth-order valence-corrected chi connectivity index (χ4v) is 2.66. The maximum Gasteiger partial charge on any atom is 0.413 e. The minimum absolute atomic E-state index is 0.0925. The Kier molecular flexibility index (Phi) is 5.67. The molecule has 1 saturated heterocycles. The van der Waals surface area contributed by atoms with E-state index in [1.165, 1.54) is 0 Å². The summed E-state index contributed by atoms with van der Waals surface area (Å²) in [7, 11) is 0. The molecule has 0 aromatic heterocycles. The largest absolute Gasteiger partial charge is 0.454 e. The van der Waals surface area contributed by atoms with Crippen LogP contribution >= 0.6 is 0 Å². The van der Waals surface area contributed by atoms with Crippen molar-refractivity contribution in [2.24, 2.45) is 11.8 Å². The lowest BCUT2D eigenvalue weighted by Crippen LogP contribution is -2.39. The van der Waals surface area contributed by atoms with Crippen LogP contribution in [0, 0.1) is 11.8 Å². The van der Waals surface area contributed by atoms with Gasteiger partial charge in [-0.1, -0.05) is 12.2 Å². The topological polar surface area (TPSA) is 119 Å². The molecule has 9 nitrogen and oxygen atoms in total. The van der Waals surface area contributed by atoms with Gasteiger partial charge in [0.25, 0.3) is 5.91 Å². The lowest BCUT2D eigenvalue weighted by molar-refractivity contribution is -0.154. The van der Waals surface area contributed by atoms with Crippen LogP contribution in [0.5, 0.6) is 0 Å². The number of fused-ring (bicyclic) bond motifs is 1. The second-order valence-electron chi connectivity index (χ2n) is 5.35. The number of hydrogen-bond acceptors (Lipinski definition) is 7. The molecule has 1 aliphatic carbocycles. The second kappa shape index (κ2) is 7.71. The van der Waals surface area contributed by atoms with Gasteiger partial charge >= 0.3 is 12.1 Å². The Morgan fingerprint density at radius 3 is 2.25 bits per heavy atom. The van der Waals surface area contributed by atoms with E-state index in [2.05, 4.69) is 9.47 Å². The normalized spacial score (nSPS) is 22.1. The number of alkyl carbamates (subject to hydrolysis) is 1. The molecule has 2 aliphatic rings. The van der Waals surface area contributed by atoms with Crippen molar-refractivity contribution < 1.29 is 33.4 Å². The van der Waals surface area contributed by atoms with Gasteiger partial charge in [-0.15, -0.1) is 0 Å². The second-order valence-corrected chi connectivity index (χ2v) is 5.35. The lowest BCUT2D eigenvalue weighted by Gasteiger charge is -2.14. The third-order valence-corrected chi connectivity index (χ3v) is 3.77. The number of carbonyl (C=O) groups excluding carboxylic acids is 5. The third kappa shape index (κ3) is 3.98. The van der Waals surface area contributed by atoms with Gasteiger partial charge in [0, 0.05) is 0 Å². The van der Waals surface area contributed by atoms with Crippen LogP contribution in [0.1, 0.15) is 19.8 Å². The molecular weight excluding hydrogens is 320 g/mol. The Bertz CT molecular complexity index is 573. The Morgan fingerprint density at radius 1 is 1.12 bits per heavy atom. The van der Waals surface area contributed by atoms with E-state index in [0.29, 0.717) is 12.8 Å². The molecule has 0 spiro atoms. The van der Waals surface area contributed by atoms with Crippen LogP contribution in [-0.2, 0) is 28.7 Å². The summed E-state index contributed by atoms with van der Waals surface area (Å²) in [4.78, 5) is 59.3. The third-order valence-electron chi connectivity index (χ3n) is 3.77. The highest BCUT2D eigenvalue weighted by molar-refractivity contribution is 6.07. The molecule has 1 N–H and O–H groups in total. The van der Waals surface area contributed by atoms with Gasteiger partial charge in [-0.2, -0.15) is 0 Å². The van der Waals surface area contributed by atoms with Crippen LogP contribution in [0.4, 0.5) is 4.79 Å². The minimum atomic E-state index is -0.944. The number of carbonyl (C=O) groups is 5. The highest BCUT2D eigenvalue weighted by Crippen LogP contribution is 2.34. The molecule has 2 atom stereocenters. The van der Waals surface area contributed by atoms with Crippen LogP contribution in [0.2, 0.25) is 0 Å². The molecule has 0 radical (unpaired) electrons. The number of amides is 4. The molecule has 0 aromatic carbocycles. The van der Waals surface area contributed by atoms with Crippen molar-refractivity contribution in [1.29, 1.82) is 0 Å². The fourth-order valence-electron chi connectivity index (χ4n) is 2.66. The molecular formula is C15H18N2O7. The van der Waals surface area contributed by atoms with Gasteiger partial charge in [-0.25, -0.2) is 4.79 Å². The van der Waals surface area contributed by atoms with Gasteiger partial charge < -0.3 is 9.47 Å². The highest BCUT2D eigenvalue weighted by atomic mass is 16.6. The average molecular weight is 338 g/mol. The van der Waals surface area contributed by atoms with Gasteiger partial charge in [-0.3, -0.25) is 29.4 Å². The average Bonchev–Trinajstić information content (AvgIpc) is 2.79. The van der Waals surface area contributed by atoms with Gasteiger partial charge in [0.1, 0.15) is 6.54 Å². The summed E-state index contributed by atoms with van der Waals surface area (Å²) in [6, 6.07) is 0. The van der Waals surface area contributed by atoms with Gasteiger partial charge in [0.05, 0.1) is 18.4 Å². The molecule has 0 aromatic rings. The number of esters is 1. The van der Waals surface area contributed by atoms with Crippen molar-refractivity contribution in [3.8, 4) is 0 Å². The number of ether oxygens (including phenoxy) is 2. The molecule has 0 bridgehead atoms. The SMILES string of the molecule is CCOC(=O)NC(=O)COC(=O)CN1C(=O)[C@@H]2CC=CC[C@H]2C1=O. The number of hydrogen-bond donors (Lipinski definition) is 1. The van der Waals surface area contributed by atoms with Crippen molar-refractivity contribution >= 4 is 29.8 Å². The van der Waals surface area contributed by atoms with Crippen LogP contribution in [0.25, 0.3) is 0 Å². The standard InChI is InChI=1S/C15H18N2O7/c1-2-23-15(22)16-11(18)8-24-12(19)7-17-13(20)9-5-3-4-6-10(9)14(17)21/h3-4,9-10H,2,5-8H2,1H3,(H,16,18,22)/t9-,10-/m1/s1. The van der Waals surface area contributed by atoms with Crippen molar-refractivity contribution in [3.05, 3.63) is 12.2 Å². The van der Waals surface area contributed by atoms with Gasteiger partial charge in [0.2, 0.25) is 11.8 Å². The van der Waals surface area contributed by atoms with Gasteiger partial charge in [-0.05, 0) is 19.8 Å². The van der Waals surface area contributed by atoms with Crippen molar-refractivity contribution in [2.45, 2.75) is 19.8 Å². The van der Waals surface area contributed by atoms with E-state index in [1.54, 1.807) is 6.92 Å². The zero-order valence-corrected chi connectivity index (χ0v) is 13.1. The molecule has 0 saturated carbocycles. The van der Waals surface area contributed by atoms with E-state index in [4.69, 9.17) is 0 Å². The smallest absolute Gasteiger partial charge is 0.413 e. The predicted octanol–water partition coefficient (Wildman–Crippen LogP) is -0.247. The first-order chi connectivity index (χ1) is 11.4. The summed E-state index contributed by atoms with van der Waals surface area (Å²) in [6.07, 6.45) is 3.69. The van der Waals surface area contributed by atoms with E-state index in [1.807, 2.05) is 17.5 Å². The molecule has 0 unspecified atom stereocenters. The van der Waals surface area contributed by atoms with Crippen molar-refractivity contribution in [2.75, 3.05) is 19.8 Å². The zero-order valence-electron chi connectivity index (χ0n) is 13.1. The van der Waals surface area contributed by atoms with E-state index in [9.17, 15) is 24.0 Å². The molecule has 24 heavy (non-hydrogen) atoms. The molecule has 1 aliphatic heterocycles. The maximum atomic E-state index is 12.2. The monoisotopic (exact) mass is 338 g/mol. The summed E-state index contributed by atoms with van der Waals surface area (Å²) in [6.45, 7) is 0.413. The number of allylic oxidation sites excluding steroid dienone is 2. The molecule has 1 heterocycles. The minimum Gasteiger partial charge on any atom is -0.454 e. The Balaban J connectivity index is 1.80. The van der Waals surface area contributed by atoms with Gasteiger partial charge in [0.15, 0.2) is 6.61 Å². The Hall–Kier alpha value is -2.71. The maximum absolute atomic E-state index is 12.2. The molecule has 130 valence electrons. The predicted molar refractivity (Wildman–Crippen MR) is 78.2 cm³/mol. The van der Waals surface area contributed by atoms with Crippen molar-refractivity contribution in [3.63, 3.8) is 0 Å². The van der Waals surface area contributed by atoms with E-state index in [0.717, 1.165) is 4.90 Å². The summed E-state index contributed by atoms with van der Waals surface area (Å²) in [5.41, 5.74) is 0. The molecule has 2 rings (SSSR count). The number of nitrogens with zero attached hydrogens (tertiary/aromatic N) is 1. The Labute approximate surface area is 137 Å². The summed E-state index contributed by atoms with van der Waals surface area (Å²) >= 11 is 0. The summed E-state index contributed by atoms with van der Waals surface area (Å²) in [5, 5.41) is 1.85. The van der Waals surface area contributed by atoms with Crippen molar-refractivity contribution in [1.82, 2.24) is 10.2 Å². The number of imide groups is 2. The van der Waals surface area contributed by atoms with E-state index >= 15 is 0 Å². The van der Waals surface area contributed by atoms with Crippen LogP contribution in [0.15, 0.2) is 12.2 Å². The lowest BCUT2D eigenvalue weighted by atomic mass is 9.85. The molecule has 1 fully saturated rings.